The molecule has 0 aromatic heterocycles. The number of nitrogens with two attached hydrogens (primary N) is 1. The highest BCUT2D eigenvalue weighted by atomic mass is 16.5. The maximum absolute atomic E-state index is 5.55. The van der Waals surface area contributed by atoms with Crippen LogP contribution in [0.4, 0.5) is 5.69 Å². The number of hydrogen-bond donors (Lipinski definition) is 2. The SMILES string of the molecule is COCCCNc1cccc(CN)c1. The molecule has 0 unspecified atom stereocenters. The molecule has 1 rings (SSSR count). The fourth-order valence-electron chi connectivity index (χ4n) is 1.26. The average Bonchev–Trinajstić information content (AvgIpc) is 2.25. The Bertz CT molecular complexity index is 263. The lowest BCUT2D eigenvalue weighted by molar-refractivity contribution is 0.198. The summed E-state index contributed by atoms with van der Waals surface area (Å²) < 4.78 is 4.96. The van der Waals surface area contributed by atoms with E-state index in [1.54, 1.807) is 7.11 Å². The van der Waals surface area contributed by atoms with Crippen LogP contribution in [0.1, 0.15) is 12.0 Å². The molecule has 1 aromatic carbocycles. The number of benzene rings is 1. The van der Waals surface area contributed by atoms with Gasteiger partial charge in [0.25, 0.3) is 0 Å². The summed E-state index contributed by atoms with van der Waals surface area (Å²) in [6.07, 6.45) is 1.02. The molecule has 0 spiro atoms. The third-order valence-corrected chi connectivity index (χ3v) is 2.02. The molecule has 0 fully saturated rings. The second-order valence-corrected chi connectivity index (χ2v) is 3.18. The molecule has 0 aliphatic rings. The van der Waals surface area contributed by atoms with Crippen LogP contribution in [0.3, 0.4) is 0 Å². The first kappa shape index (κ1) is 11.0. The quantitative estimate of drug-likeness (QED) is 0.676. The van der Waals surface area contributed by atoms with Gasteiger partial charge in [-0.15, -0.1) is 0 Å². The van der Waals surface area contributed by atoms with Crippen molar-refractivity contribution in [3.63, 3.8) is 0 Å². The van der Waals surface area contributed by atoms with Gasteiger partial charge in [0.2, 0.25) is 0 Å². The molecular formula is C11H18N2O. The van der Waals surface area contributed by atoms with Crippen molar-refractivity contribution < 1.29 is 4.74 Å². The van der Waals surface area contributed by atoms with Gasteiger partial charge in [-0.05, 0) is 24.1 Å². The van der Waals surface area contributed by atoms with Crippen molar-refractivity contribution in [1.82, 2.24) is 0 Å². The van der Waals surface area contributed by atoms with Crippen LogP contribution in [0.15, 0.2) is 24.3 Å². The molecule has 0 heterocycles. The Morgan fingerprint density at radius 1 is 1.43 bits per heavy atom. The summed E-state index contributed by atoms with van der Waals surface area (Å²) in [7, 11) is 1.72. The van der Waals surface area contributed by atoms with Crippen molar-refractivity contribution in [1.29, 1.82) is 0 Å². The molecule has 1 aromatic rings. The summed E-state index contributed by atoms with van der Waals surface area (Å²) in [6, 6.07) is 8.17. The zero-order valence-electron chi connectivity index (χ0n) is 8.62. The predicted molar refractivity (Wildman–Crippen MR) is 59.3 cm³/mol. The van der Waals surface area contributed by atoms with E-state index in [0.29, 0.717) is 6.54 Å². The van der Waals surface area contributed by atoms with Crippen molar-refractivity contribution in [2.75, 3.05) is 25.6 Å². The average molecular weight is 194 g/mol. The lowest BCUT2D eigenvalue weighted by Crippen LogP contribution is -2.05. The fourth-order valence-corrected chi connectivity index (χ4v) is 1.26. The van der Waals surface area contributed by atoms with Crippen molar-refractivity contribution in [3.8, 4) is 0 Å². The van der Waals surface area contributed by atoms with Gasteiger partial charge in [0, 0.05) is 32.5 Å². The van der Waals surface area contributed by atoms with Crippen LogP contribution in [0, 0.1) is 0 Å². The molecule has 0 radical (unpaired) electrons. The Morgan fingerprint density at radius 3 is 3.00 bits per heavy atom. The Balaban J connectivity index is 2.34. The normalized spacial score (nSPS) is 10.1. The number of nitrogens with one attached hydrogen (secondary N) is 1. The van der Waals surface area contributed by atoms with E-state index in [2.05, 4.69) is 11.4 Å². The van der Waals surface area contributed by atoms with Gasteiger partial charge < -0.3 is 15.8 Å². The number of hydrogen-bond acceptors (Lipinski definition) is 3. The molecule has 0 atom stereocenters. The first-order chi connectivity index (χ1) is 6.86. The molecule has 3 heteroatoms. The number of anilines is 1. The highest BCUT2D eigenvalue weighted by molar-refractivity contribution is 5.45. The topological polar surface area (TPSA) is 47.3 Å². The third-order valence-electron chi connectivity index (χ3n) is 2.02. The van der Waals surface area contributed by atoms with E-state index in [9.17, 15) is 0 Å². The largest absolute Gasteiger partial charge is 0.385 e. The number of rotatable bonds is 6. The van der Waals surface area contributed by atoms with Crippen LogP contribution in [0.5, 0.6) is 0 Å². The van der Waals surface area contributed by atoms with E-state index in [0.717, 1.165) is 30.8 Å². The maximum atomic E-state index is 5.55. The minimum Gasteiger partial charge on any atom is -0.385 e. The zero-order chi connectivity index (χ0) is 10.2. The van der Waals surface area contributed by atoms with Crippen LogP contribution in [-0.4, -0.2) is 20.3 Å². The molecule has 0 aliphatic heterocycles. The van der Waals surface area contributed by atoms with E-state index in [1.165, 1.54) is 0 Å². The Hall–Kier alpha value is -1.06. The van der Waals surface area contributed by atoms with Crippen molar-refractivity contribution >= 4 is 5.69 Å². The molecule has 78 valence electrons. The Kier molecular flexibility index (Phi) is 5.04. The molecular weight excluding hydrogens is 176 g/mol. The van der Waals surface area contributed by atoms with Gasteiger partial charge >= 0.3 is 0 Å². The summed E-state index contributed by atoms with van der Waals surface area (Å²) >= 11 is 0. The van der Waals surface area contributed by atoms with E-state index in [-0.39, 0.29) is 0 Å². The van der Waals surface area contributed by atoms with Crippen LogP contribution in [0.2, 0.25) is 0 Å². The van der Waals surface area contributed by atoms with Gasteiger partial charge in [-0.1, -0.05) is 12.1 Å². The fraction of sp³-hybridized carbons (Fsp3) is 0.455. The number of methoxy groups -OCH3 is 1. The van der Waals surface area contributed by atoms with E-state index >= 15 is 0 Å². The summed E-state index contributed by atoms with van der Waals surface area (Å²) in [5.74, 6) is 0. The molecule has 0 saturated carbocycles. The molecule has 0 aliphatic carbocycles. The molecule has 0 saturated heterocycles. The summed E-state index contributed by atoms with van der Waals surface area (Å²) in [5.41, 5.74) is 7.83. The smallest absolute Gasteiger partial charge is 0.0479 e. The zero-order valence-corrected chi connectivity index (χ0v) is 8.62. The van der Waals surface area contributed by atoms with Gasteiger partial charge in [-0.2, -0.15) is 0 Å². The van der Waals surface area contributed by atoms with Gasteiger partial charge in [0.15, 0.2) is 0 Å². The van der Waals surface area contributed by atoms with Gasteiger partial charge in [-0.25, -0.2) is 0 Å². The minimum atomic E-state index is 0.591. The standard InChI is InChI=1S/C11H18N2O/c1-14-7-3-6-13-11-5-2-4-10(8-11)9-12/h2,4-5,8,13H,3,6-7,9,12H2,1H3. The van der Waals surface area contributed by atoms with Crippen LogP contribution in [-0.2, 0) is 11.3 Å². The molecule has 0 amide bonds. The van der Waals surface area contributed by atoms with Gasteiger partial charge in [0.1, 0.15) is 0 Å². The summed E-state index contributed by atoms with van der Waals surface area (Å²) in [5, 5.41) is 3.32. The van der Waals surface area contributed by atoms with Crippen molar-refractivity contribution in [3.05, 3.63) is 29.8 Å². The highest BCUT2D eigenvalue weighted by Gasteiger charge is 1.93. The Labute approximate surface area is 85.3 Å². The first-order valence-electron chi connectivity index (χ1n) is 4.88. The number of ether oxygens (including phenoxy) is 1. The van der Waals surface area contributed by atoms with Crippen LogP contribution >= 0.6 is 0 Å². The predicted octanol–water partition coefficient (Wildman–Crippen LogP) is 1.59. The van der Waals surface area contributed by atoms with E-state index in [1.807, 2.05) is 18.2 Å². The second-order valence-electron chi connectivity index (χ2n) is 3.18. The summed E-state index contributed by atoms with van der Waals surface area (Å²) in [4.78, 5) is 0. The molecule has 3 N–H and O–H groups in total. The van der Waals surface area contributed by atoms with Crippen LogP contribution in [0.25, 0.3) is 0 Å². The highest BCUT2D eigenvalue weighted by Crippen LogP contribution is 2.09. The monoisotopic (exact) mass is 194 g/mol. The lowest BCUT2D eigenvalue weighted by atomic mass is 10.2. The van der Waals surface area contributed by atoms with Gasteiger partial charge in [0.05, 0.1) is 0 Å². The maximum Gasteiger partial charge on any atom is 0.0479 e. The third kappa shape index (κ3) is 3.77. The van der Waals surface area contributed by atoms with Crippen LogP contribution < -0.4 is 11.1 Å². The van der Waals surface area contributed by atoms with E-state index < -0.39 is 0 Å². The lowest BCUT2D eigenvalue weighted by Gasteiger charge is -2.07. The molecule has 3 nitrogen and oxygen atoms in total. The van der Waals surface area contributed by atoms with Gasteiger partial charge in [-0.3, -0.25) is 0 Å². The Morgan fingerprint density at radius 2 is 2.29 bits per heavy atom. The molecule has 0 bridgehead atoms. The molecule has 14 heavy (non-hydrogen) atoms. The van der Waals surface area contributed by atoms with E-state index in [4.69, 9.17) is 10.5 Å². The summed E-state index contributed by atoms with van der Waals surface area (Å²) in [6.45, 7) is 2.32. The second kappa shape index (κ2) is 6.40. The minimum absolute atomic E-state index is 0.591. The van der Waals surface area contributed by atoms with Crippen molar-refractivity contribution in [2.45, 2.75) is 13.0 Å². The first-order valence-corrected chi connectivity index (χ1v) is 4.88. The van der Waals surface area contributed by atoms with Crippen molar-refractivity contribution in [2.24, 2.45) is 5.73 Å².